The maximum atomic E-state index is 13.5. The van der Waals surface area contributed by atoms with E-state index < -0.39 is 17.6 Å². The number of hydrogen-bond donors (Lipinski definition) is 0. The number of hydrogen-bond acceptors (Lipinski definition) is 4. The third-order valence-electron chi connectivity index (χ3n) is 7.22. The smallest absolute Gasteiger partial charge is 0.418 e. The number of nitrogens with zero attached hydrogens (tertiary/aromatic N) is 2. The molecule has 1 heterocycles. The predicted molar refractivity (Wildman–Crippen MR) is 126 cm³/mol. The fourth-order valence-electron chi connectivity index (χ4n) is 5.45. The van der Waals surface area contributed by atoms with Crippen molar-refractivity contribution in [2.75, 3.05) is 6.54 Å². The Labute approximate surface area is 206 Å². The van der Waals surface area contributed by atoms with Crippen molar-refractivity contribution >= 4 is 33.8 Å². The van der Waals surface area contributed by atoms with E-state index >= 15 is 0 Å². The number of carbonyl (C=O) groups excluding carboxylic acids is 3. The van der Waals surface area contributed by atoms with Crippen molar-refractivity contribution in [3.63, 3.8) is 0 Å². The largest absolute Gasteiger partial charge is 0.427 e. The lowest BCUT2D eigenvalue weighted by Crippen LogP contribution is -2.48. The van der Waals surface area contributed by atoms with Crippen molar-refractivity contribution in [3.05, 3.63) is 69.4 Å². The monoisotopic (exact) mass is 528 g/mol. The zero-order valence-corrected chi connectivity index (χ0v) is 20.4. The van der Waals surface area contributed by atoms with Crippen LogP contribution in [-0.4, -0.2) is 40.3 Å². The van der Waals surface area contributed by atoms with Gasteiger partial charge < -0.3 is 9.64 Å². The molecule has 0 N–H and O–H groups in total. The van der Waals surface area contributed by atoms with Crippen LogP contribution in [0.4, 0.5) is 9.18 Å². The number of aryl methyl sites for hydroxylation is 1. The molecule has 1 unspecified atom stereocenters. The molecule has 5 rings (SSSR count). The van der Waals surface area contributed by atoms with Crippen LogP contribution in [0, 0.1) is 5.82 Å². The normalized spacial score (nSPS) is 22.2. The maximum absolute atomic E-state index is 13.5. The first-order valence-corrected chi connectivity index (χ1v) is 12.5. The Morgan fingerprint density at radius 1 is 1.12 bits per heavy atom. The SMILES string of the molecule is O=C1OC2(CCc3cc(Br)ccc32)C(=O)N1CC(=O)N(Cc1ccc(F)cc1)C1CCCCC1. The summed E-state index contributed by atoms with van der Waals surface area (Å²) in [5.74, 6) is -1.11. The lowest BCUT2D eigenvalue weighted by Gasteiger charge is -2.35. The van der Waals surface area contributed by atoms with Crippen LogP contribution < -0.4 is 0 Å². The van der Waals surface area contributed by atoms with Crippen molar-refractivity contribution < 1.29 is 23.5 Å². The molecule has 178 valence electrons. The van der Waals surface area contributed by atoms with Gasteiger partial charge in [0, 0.05) is 29.0 Å². The Kier molecular flexibility index (Phi) is 6.18. The van der Waals surface area contributed by atoms with Gasteiger partial charge in [-0.05, 0) is 54.7 Å². The lowest BCUT2D eigenvalue weighted by atomic mass is 9.93. The second kappa shape index (κ2) is 9.13. The summed E-state index contributed by atoms with van der Waals surface area (Å²) in [7, 11) is 0. The Morgan fingerprint density at radius 2 is 1.85 bits per heavy atom. The molecule has 2 aromatic rings. The highest BCUT2D eigenvalue weighted by atomic mass is 79.9. The number of ether oxygens (including phenoxy) is 1. The first-order valence-electron chi connectivity index (χ1n) is 11.8. The zero-order valence-electron chi connectivity index (χ0n) is 18.8. The first-order chi connectivity index (χ1) is 16.4. The van der Waals surface area contributed by atoms with Gasteiger partial charge in [-0.25, -0.2) is 14.1 Å². The number of halogens is 2. The molecule has 1 aliphatic heterocycles. The molecule has 1 saturated carbocycles. The summed E-state index contributed by atoms with van der Waals surface area (Å²) in [6.45, 7) is -0.0498. The molecule has 2 aromatic carbocycles. The van der Waals surface area contributed by atoms with Crippen molar-refractivity contribution in [2.24, 2.45) is 0 Å². The van der Waals surface area contributed by atoms with Gasteiger partial charge in [-0.3, -0.25) is 9.59 Å². The van der Waals surface area contributed by atoms with E-state index in [1.54, 1.807) is 17.0 Å². The number of amides is 3. The highest BCUT2D eigenvalue weighted by Crippen LogP contribution is 2.46. The molecule has 34 heavy (non-hydrogen) atoms. The van der Waals surface area contributed by atoms with Crippen molar-refractivity contribution in [1.82, 2.24) is 9.80 Å². The van der Waals surface area contributed by atoms with E-state index in [-0.39, 0.29) is 24.3 Å². The van der Waals surface area contributed by atoms with Gasteiger partial charge >= 0.3 is 6.09 Å². The molecule has 1 spiro atoms. The van der Waals surface area contributed by atoms with Crippen molar-refractivity contribution in [1.29, 1.82) is 0 Å². The molecule has 2 aliphatic carbocycles. The molecule has 0 bridgehead atoms. The summed E-state index contributed by atoms with van der Waals surface area (Å²) in [6.07, 6.45) is 5.14. The maximum Gasteiger partial charge on any atom is 0.418 e. The molecule has 0 aromatic heterocycles. The third kappa shape index (κ3) is 4.13. The zero-order chi connectivity index (χ0) is 23.9. The number of fused-ring (bicyclic) bond motifs is 2. The second-order valence-electron chi connectivity index (χ2n) is 9.33. The van der Waals surface area contributed by atoms with E-state index in [0.717, 1.165) is 52.6 Å². The topological polar surface area (TPSA) is 66.9 Å². The number of carbonyl (C=O) groups is 3. The highest BCUT2D eigenvalue weighted by Gasteiger charge is 2.58. The van der Waals surface area contributed by atoms with E-state index in [0.29, 0.717) is 24.9 Å². The van der Waals surface area contributed by atoms with Gasteiger partial charge in [-0.15, -0.1) is 0 Å². The van der Waals surface area contributed by atoms with Gasteiger partial charge in [0.1, 0.15) is 12.4 Å². The average molecular weight is 529 g/mol. The molecule has 2 fully saturated rings. The van der Waals surface area contributed by atoms with Crippen molar-refractivity contribution in [3.8, 4) is 0 Å². The number of rotatable bonds is 5. The fourth-order valence-corrected chi connectivity index (χ4v) is 5.86. The van der Waals surface area contributed by atoms with E-state index in [1.807, 2.05) is 18.2 Å². The van der Waals surface area contributed by atoms with Crippen LogP contribution >= 0.6 is 15.9 Å². The van der Waals surface area contributed by atoms with Crippen LogP contribution in [0.5, 0.6) is 0 Å². The summed E-state index contributed by atoms with van der Waals surface area (Å²) in [6, 6.07) is 11.7. The molecule has 1 atom stereocenters. The quantitative estimate of drug-likeness (QED) is 0.543. The molecular formula is C26H26BrFN2O4. The molecule has 8 heteroatoms. The first kappa shape index (κ1) is 23.0. The molecule has 1 saturated heterocycles. The number of benzene rings is 2. The van der Waals surface area contributed by atoms with Gasteiger partial charge in [0.25, 0.3) is 5.91 Å². The lowest BCUT2D eigenvalue weighted by molar-refractivity contribution is -0.143. The van der Waals surface area contributed by atoms with Gasteiger partial charge in [-0.2, -0.15) is 0 Å². The van der Waals surface area contributed by atoms with Gasteiger partial charge in [-0.1, -0.05) is 53.4 Å². The van der Waals surface area contributed by atoms with Crippen LogP contribution in [0.25, 0.3) is 0 Å². The van der Waals surface area contributed by atoms with E-state index in [9.17, 15) is 18.8 Å². The van der Waals surface area contributed by atoms with Crippen LogP contribution in [0.15, 0.2) is 46.9 Å². The summed E-state index contributed by atoms with van der Waals surface area (Å²) in [5.41, 5.74) is 1.12. The standard InChI is InChI=1S/C26H26BrFN2O4/c27-19-8-11-22-18(14-19)12-13-26(22)24(32)30(25(33)34-26)16-23(31)29(21-4-2-1-3-5-21)15-17-6-9-20(28)10-7-17/h6-11,14,21H,1-5,12-13,15-16H2. The average Bonchev–Trinajstić information content (AvgIpc) is 3.31. The van der Waals surface area contributed by atoms with Crippen LogP contribution in [0.3, 0.4) is 0 Å². The Bertz CT molecular complexity index is 1130. The minimum atomic E-state index is -1.35. The summed E-state index contributed by atoms with van der Waals surface area (Å²) in [5, 5.41) is 0. The van der Waals surface area contributed by atoms with E-state index in [1.165, 1.54) is 12.1 Å². The van der Waals surface area contributed by atoms with Crippen LogP contribution in [0.1, 0.15) is 55.2 Å². The Hall–Kier alpha value is -2.74. The van der Waals surface area contributed by atoms with E-state index in [2.05, 4.69) is 15.9 Å². The molecule has 6 nitrogen and oxygen atoms in total. The summed E-state index contributed by atoms with van der Waals surface area (Å²) >= 11 is 3.44. The minimum absolute atomic E-state index is 0.0264. The van der Waals surface area contributed by atoms with Gasteiger partial charge in [0.2, 0.25) is 11.5 Å². The second-order valence-corrected chi connectivity index (χ2v) is 10.2. The van der Waals surface area contributed by atoms with Crippen LogP contribution in [-0.2, 0) is 32.9 Å². The molecule has 0 radical (unpaired) electrons. The number of imide groups is 1. The highest BCUT2D eigenvalue weighted by molar-refractivity contribution is 9.10. The van der Waals surface area contributed by atoms with Gasteiger partial charge in [0.15, 0.2) is 0 Å². The van der Waals surface area contributed by atoms with Gasteiger partial charge in [0.05, 0.1) is 0 Å². The molecular weight excluding hydrogens is 503 g/mol. The Balaban J connectivity index is 1.37. The van der Waals surface area contributed by atoms with Crippen LogP contribution in [0.2, 0.25) is 0 Å². The Morgan fingerprint density at radius 3 is 2.59 bits per heavy atom. The van der Waals surface area contributed by atoms with Crippen molar-refractivity contribution in [2.45, 2.75) is 63.1 Å². The van der Waals surface area contributed by atoms with E-state index in [4.69, 9.17) is 4.74 Å². The minimum Gasteiger partial charge on any atom is -0.427 e. The summed E-state index contributed by atoms with van der Waals surface area (Å²) in [4.78, 5) is 42.5. The molecule has 3 aliphatic rings. The fraction of sp³-hybridized carbons (Fsp3) is 0.423. The third-order valence-corrected chi connectivity index (χ3v) is 7.71. The summed E-state index contributed by atoms with van der Waals surface area (Å²) < 4.78 is 20.0. The predicted octanol–water partition coefficient (Wildman–Crippen LogP) is 5.07. The molecule has 3 amide bonds.